The Labute approximate surface area is 187 Å². The summed E-state index contributed by atoms with van der Waals surface area (Å²) < 4.78 is 25.0. The number of ether oxygens (including phenoxy) is 2. The number of benzene rings is 2. The fourth-order valence-corrected chi connectivity index (χ4v) is 3.73. The molecule has 1 unspecified atom stereocenters. The number of nitrogens with zero attached hydrogens (tertiary/aromatic N) is 3. The zero-order valence-corrected chi connectivity index (χ0v) is 18.6. The Morgan fingerprint density at radius 1 is 1.16 bits per heavy atom. The van der Waals surface area contributed by atoms with Crippen LogP contribution in [0.1, 0.15) is 36.9 Å². The van der Waals surface area contributed by atoms with Gasteiger partial charge in [0, 0.05) is 37.6 Å². The van der Waals surface area contributed by atoms with Crippen molar-refractivity contribution in [2.45, 2.75) is 25.8 Å². The van der Waals surface area contributed by atoms with Gasteiger partial charge in [-0.2, -0.15) is 5.10 Å². The first-order chi connectivity index (χ1) is 15.5. The van der Waals surface area contributed by atoms with Crippen LogP contribution in [-0.4, -0.2) is 61.4 Å². The number of amides is 2. The van der Waals surface area contributed by atoms with Crippen LogP contribution in [0.3, 0.4) is 0 Å². The minimum atomic E-state index is -0.478. The molecule has 1 heterocycles. The minimum absolute atomic E-state index is 0.143. The maximum absolute atomic E-state index is 14.5. The van der Waals surface area contributed by atoms with E-state index in [1.54, 1.807) is 39.3 Å². The average molecular weight is 442 g/mol. The Bertz CT molecular complexity index is 995. The smallest absolute Gasteiger partial charge is 0.262 e. The van der Waals surface area contributed by atoms with Gasteiger partial charge in [0.2, 0.25) is 5.91 Å². The lowest BCUT2D eigenvalue weighted by molar-refractivity contribution is -0.141. The number of hydrogen-bond acceptors (Lipinski definition) is 5. The SMILES string of the molecule is CCC(=O)N(CCOC)CC(=O)N1N=C(c2ccccc2F)CC1c1ccccc1OC. The van der Waals surface area contributed by atoms with Crippen LogP contribution in [0.2, 0.25) is 0 Å². The van der Waals surface area contributed by atoms with Crippen molar-refractivity contribution in [1.29, 1.82) is 0 Å². The molecule has 1 atom stereocenters. The Morgan fingerprint density at radius 2 is 1.88 bits per heavy atom. The van der Waals surface area contributed by atoms with Crippen LogP contribution in [0.4, 0.5) is 4.39 Å². The third-order valence-corrected chi connectivity index (χ3v) is 5.40. The summed E-state index contributed by atoms with van der Waals surface area (Å²) in [7, 11) is 3.10. The van der Waals surface area contributed by atoms with Gasteiger partial charge in [-0.15, -0.1) is 0 Å². The predicted octanol–water partition coefficient (Wildman–Crippen LogP) is 3.40. The first-order valence-electron chi connectivity index (χ1n) is 10.5. The lowest BCUT2D eigenvalue weighted by Crippen LogP contribution is -2.42. The second-order valence-electron chi connectivity index (χ2n) is 7.39. The normalized spacial score (nSPS) is 15.4. The van der Waals surface area contributed by atoms with Gasteiger partial charge in [0.15, 0.2) is 0 Å². The molecule has 0 saturated heterocycles. The molecule has 2 aromatic rings. The summed E-state index contributed by atoms with van der Waals surface area (Å²) in [5.41, 5.74) is 1.59. The number of hydrogen-bond donors (Lipinski definition) is 0. The van der Waals surface area contributed by atoms with Gasteiger partial charge in [-0.3, -0.25) is 9.59 Å². The van der Waals surface area contributed by atoms with E-state index in [1.807, 2.05) is 24.3 Å². The van der Waals surface area contributed by atoms with Crippen molar-refractivity contribution in [1.82, 2.24) is 9.91 Å². The van der Waals surface area contributed by atoms with Gasteiger partial charge < -0.3 is 14.4 Å². The van der Waals surface area contributed by atoms with E-state index in [4.69, 9.17) is 9.47 Å². The standard InChI is InChI=1S/C24H28FN3O4/c1-4-23(29)27(13-14-31-2)16-24(30)28-21(18-10-6-8-12-22(18)32-3)15-20(26-28)17-9-5-7-11-19(17)25/h5-12,21H,4,13-16H2,1-3H3. The number of carbonyl (C=O) groups is 2. The summed E-state index contributed by atoms with van der Waals surface area (Å²) in [6, 6.07) is 13.2. The third kappa shape index (κ3) is 5.13. The highest BCUT2D eigenvalue weighted by molar-refractivity contribution is 6.03. The molecule has 0 N–H and O–H groups in total. The molecule has 1 aliphatic heterocycles. The fourth-order valence-electron chi connectivity index (χ4n) is 3.73. The molecule has 2 amide bonds. The van der Waals surface area contributed by atoms with Gasteiger partial charge in [0.25, 0.3) is 5.91 Å². The molecule has 0 aliphatic carbocycles. The second kappa shape index (κ2) is 10.9. The van der Waals surface area contributed by atoms with Crippen molar-refractivity contribution in [2.75, 3.05) is 33.9 Å². The fraction of sp³-hybridized carbons (Fsp3) is 0.375. The second-order valence-corrected chi connectivity index (χ2v) is 7.39. The quantitative estimate of drug-likeness (QED) is 0.598. The van der Waals surface area contributed by atoms with Crippen LogP contribution in [-0.2, 0) is 14.3 Å². The van der Waals surface area contributed by atoms with Crippen LogP contribution in [0, 0.1) is 5.82 Å². The summed E-state index contributed by atoms with van der Waals surface area (Å²) in [5.74, 6) is -0.296. The van der Waals surface area contributed by atoms with Gasteiger partial charge in [-0.05, 0) is 12.1 Å². The van der Waals surface area contributed by atoms with E-state index in [1.165, 1.54) is 16.0 Å². The van der Waals surface area contributed by atoms with Crippen molar-refractivity contribution in [3.8, 4) is 5.75 Å². The molecular formula is C24H28FN3O4. The van der Waals surface area contributed by atoms with Crippen LogP contribution in [0.25, 0.3) is 0 Å². The molecule has 170 valence electrons. The highest BCUT2D eigenvalue weighted by Crippen LogP contribution is 2.37. The summed E-state index contributed by atoms with van der Waals surface area (Å²) in [6.07, 6.45) is 0.601. The molecule has 0 bridgehead atoms. The molecule has 7 nitrogen and oxygen atoms in total. The number of para-hydroxylation sites is 1. The molecular weight excluding hydrogens is 413 g/mol. The predicted molar refractivity (Wildman–Crippen MR) is 119 cm³/mol. The Hall–Kier alpha value is -3.26. The molecule has 0 spiro atoms. The van der Waals surface area contributed by atoms with E-state index >= 15 is 0 Å². The van der Waals surface area contributed by atoms with Gasteiger partial charge in [0.1, 0.15) is 18.1 Å². The molecule has 1 aliphatic rings. The molecule has 3 rings (SSSR count). The maximum atomic E-state index is 14.5. The Kier molecular flexibility index (Phi) is 7.94. The maximum Gasteiger partial charge on any atom is 0.262 e. The Balaban J connectivity index is 1.95. The summed E-state index contributed by atoms with van der Waals surface area (Å²) in [5, 5.41) is 5.86. The van der Waals surface area contributed by atoms with E-state index < -0.39 is 11.9 Å². The largest absolute Gasteiger partial charge is 0.496 e. The summed E-state index contributed by atoms with van der Waals surface area (Å²) in [6.45, 7) is 2.22. The summed E-state index contributed by atoms with van der Waals surface area (Å²) >= 11 is 0. The Morgan fingerprint density at radius 3 is 2.56 bits per heavy atom. The highest BCUT2D eigenvalue weighted by atomic mass is 19.1. The first-order valence-corrected chi connectivity index (χ1v) is 10.5. The van der Waals surface area contributed by atoms with Crippen molar-refractivity contribution in [2.24, 2.45) is 5.10 Å². The molecule has 0 saturated carbocycles. The first kappa shape index (κ1) is 23.4. The van der Waals surface area contributed by atoms with Crippen LogP contribution >= 0.6 is 0 Å². The average Bonchev–Trinajstić information content (AvgIpc) is 3.26. The zero-order chi connectivity index (χ0) is 23.1. The molecule has 0 aromatic heterocycles. The number of halogens is 1. The van der Waals surface area contributed by atoms with E-state index in [-0.39, 0.29) is 24.8 Å². The van der Waals surface area contributed by atoms with E-state index in [2.05, 4.69) is 5.10 Å². The van der Waals surface area contributed by atoms with Crippen LogP contribution in [0.5, 0.6) is 5.75 Å². The monoisotopic (exact) mass is 441 g/mol. The minimum Gasteiger partial charge on any atom is -0.496 e. The van der Waals surface area contributed by atoms with Gasteiger partial charge in [-0.25, -0.2) is 9.40 Å². The van der Waals surface area contributed by atoms with Crippen molar-refractivity contribution in [3.63, 3.8) is 0 Å². The number of methoxy groups -OCH3 is 2. The molecule has 0 radical (unpaired) electrons. The highest BCUT2D eigenvalue weighted by Gasteiger charge is 2.36. The number of rotatable bonds is 9. The third-order valence-electron chi connectivity index (χ3n) is 5.40. The van der Waals surface area contributed by atoms with Crippen LogP contribution in [0.15, 0.2) is 53.6 Å². The zero-order valence-electron chi connectivity index (χ0n) is 18.6. The van der Waals surface area contributed by atoms with Crippen molar-refractivity contribution < 1.29 is 23.5 Å². The van der Waals surface area contributed by atoms with Gasteiger partial charge in [-0.1, -0.05) is 43.3 Å². The van der Waals surface area contributed by atoms with Gasteiger partial charge >= 0.3 is 0 Å². The van der Waals surface area contributed by atoms with Gasteiger partial charge in [0.05, 0.1) is 25.5 Å². The lowest BCUT2D eigenvalue weighted by atomic mass is 9.97. The number of carbonyl (C=O) groups excluding carboxylic acids is 2. The van der Waals surface area contributed by atoms with Crippen LogP contribution < -0.4 is 4.74 Å². The van der Waals surface area contributed by atoms with E-state index in [0.717, 1.165) is 5.56 Å². The summed E-state index contributed by atoms with van der Waals surface area (Å²) in [4.78, 5) is 27.1. The molecule has 8 heteroatoms. The van der Waals surface area contributed by atoms with Crippen molar-refractivity contribution in [3.05, 3.63) is 65.5 Å². The number of hydrazone groups is 1. The molecule has 2 aromatic carbocycles. The van der Waals surface area contributed by atoms with E-state index in [0.29, 0.717) is 36.6 Å². The van der Waals surface area contributed by atoms with E-state index in [9.17, 15) is 14.0 Å². The molecule has 32 heavy (non-hydrogen) atoms. The molecule has 0 fully saturated rings. The van der Waals surface area contributed by atoms with Crippen molar-refractivity contribution >= 4 is 17.5 Å². The lowest BCUT2D eigenvalue weighted by Gasteiger charge is -2.27. The topological polar surface area (TPSA) is 71.4 Å².